The maximum absolute atomic E-state index is 11.7. The first-order valence-corrected chi connectivity index (χ1v) is 8.64. The molecule has 2 aromatic rings. The highest BCUT2D eigenvalue weighted by Crippen LogP contribution is 2.26. The Morgan fingerprint density at radius 3 is 2.70 bits per heavy atom. The number of anilines is 1. The standard InChI is InChI=1S/C19H20BrNO2/c1-14-3-2-4-17(11-14)21(18-9-10-23-19(22)12-18)13-15-5-7-16(20)8-6-15/h2-8,11,18H,9-10,12-13H2,1H3. The van der Waals surface area contributed by atoms with E-state index < -0.39 is 0 Å². The average Bonchev–Trinajstić information content (AvgIpc) is 2.54. The van der Waals surface area contributed by atoms with E-state index in [1.807, 2.05) is 0 Å². The SMILES string of the molecule is Cc1cccc(N(Cc2ccc(Br)cc2)C2CCOC(=O)C2)c1. The molecule has 2 aromatic carbocycles. The first-order valence-electron chi connectivity index (χ1n) is 7.85. The Hall–Kier alpha value is -1.81. The molecule has 1 aliphatic rings. The highest BCUT2D eigenvalue weighted by molar-refractivity contribution is 9.10. The van der Waals surface area contributed by atoms with E-state index in [0.29, 0.717) is 13.0 Å². The minimum Gasteiger partial charge on any atom is -0.466 e. The zero-order valence-electron chi connectivity index (χ0n) is 13.2. The highest BCUT2D eigenvalue weighted by Gasteiger charge is 2.27. The molecule has 0 radical (unpaired) electrons. The zero-order valence-corrected chi connectivity index (χ0v) is 14.8. The molecule has 0 amide bonds. The van der Waals surface area contributed by atoms with E-state index in [9.17, 15) is 4.79 Å². The monoisotopic (exact) mass is 373 g/mol. The molecule has 1 fully saturated rings. The smallest absolute Gasteiger partial charge is 0.307 e. The van der Waals surface area contributed by atoms with Gasteiger partial charge >= 0.3 is 5.97 Å². The number of hydrogen-bond donors (Lipinski definition) is 0. The lowest BCUT2D eigenvalue weighted by atomic mass is 10.0. The summed E-state index contributed by atoms with van der Waals surface area (Å²) in [7, 11) is 0. The lowest BCUT2D eigenvalue weighted by Gasteiger charge is -2.35. The van der Waals surface area contributed by atoms with Gasteiger partial charge in [-0.3, -0.25) is 4.79 Å². The molecule has 0 N–H and O–H groups in total. The number of hydrogen-bond acceptors (Lipinski definition) is 3. The third kappa shape index (κ3) is 4.14. The number of carbonyl (C=O) groups is 1. The van der Waals surface area contributed by atoms with Crippen molar-refractivity contribution in [2.75, 3.05) is 11.5 Å². The van der Waals surface area contributed by atoms with Crippen molar-refractivity contribution in [2.24, 2.45) is 0 Å². The predicted molar refractivity (Wildman–Crippen MR) is 95.5 cm³/mol. The van der Waals surface area contributed by atoms with Crippen molar-refractivity contribution in [3.63, 3.8) is 0 Å². The highest BCUT2D eigenvalue weighted by atomic mass is 79.9. The van der Waals surface area contributed by atoms with Crippen LogP contribution < -0.4 is 4.90 Å². The Morgan fingerprint density at radius 2 is 2.00 bits per heavy atom. The van der Waals surface area contributed by atoms with Gasteiger partial charge in [0, 0.05) is 29.2 Å². The van der Waals surface area contributed by atoms with Crippen LogP contribution in [-0.2, 0) is 16.1 Å². The molecule has 1 saturated heterocycles. The van der Waals surface area contributed by atoms with Crippen LogP contribution in [0.4, 0.5) is 5.69 Å². The van der Waals surface area contributed by atoms with Gasteiger partial charge in [-0.15, -0.1) is 0 Å². The number of rotatable bonds is 4. The summed E-state index contributed by atoms with van der Waals surface area (Å²) in [6.45, 7) is 3.39. The van der Waals surface area contributed by atoms with Crippen LogP contribution in [0, 0.1) is 6.92 Å². The molecule has 1 aliphatic heterocycles. The molecule has 1 heterocycles. The van der Waals surface area contributed by atoms with Gasteiger partial charge in [-0.2, -0.15) is 0 Å². The van der Waals surface area contributed by atoms with Gasteiger partial charge in [-0.1, -0.05) is 40.2 Å². The maximum atomic E-state index is 11.7. The fourth-order valence-corrected chi connectivity index (χ4v) is 3.22. The summed E-state index contributed by atoms with van der Waals surface area (Å²) < 4.78 is 6.19. The molecule has 0 aromatic heterocycles. The summed E-state index contributed by atoms with van der Waals surface area (Å²) in [5, 5.41) is 0. The topological polar surface area (TPSA) is 29.5 Å². The maximum Gasteiger partial charge on any atom is 0.307 e. The molecule has 1 unspecified atom stereocenters. The zero-order chi connectivity index (χ0) is 16.2. The predicted octanol–water partition coefficient (Wildman–Crippen LogP) is 4.47. The van der Waals surface area contributed by atoms with Gasteiger partial charge in [0.15, 0.2) is 0 Å². The van der Waals surface area contributed by atoms with Gasteiger partial charge < -0.3 is 9.64 Å². The fourth-order valence-electron chi connectivity index (χ4n) is 2.95. The number of esters is 1. The van der Waals surface area contributed by atoms with Crippen LogP contribution in [-0.4, -0.2) is 18.6 Å². The largest absolute Gasteiger partial charge is 0.466 e. The van der Waals surface area contributed by atoms with Gasteiger partial charge in [0.25, 0.3) is 0 Å². The van der Waals surface area contributed by atoms with Crippen molar-refractivity contribution >= 4 is 27.6 Å². The number of ether oxygens (including phenoxy) is 1. The van der Waals surface area contributed by atoms with Crippen LogP contribution in [0.25, 0.3) is 0 Å². The normalized spacial score (nSPS) is 17.7. The average molecular weight is 374 g/mol. The fraction of sp³-hybridized carbons (Fsp3) is 0.316. The third-order valence-corrected chi connectivity index (χ3v) is 4.69. The second-order valence-electron chi connectivity index (χ2n) is 5.96. The van der Waals surface area contributed by atoms with Gasteiger partial charge in [-0.25, -0.2) is 0 Å². The third-order valence-electron chi connectivity index (χ3n) is 4.16. The van der Waals surface area contributed by atoms with E-state index in [4.69, 9.17) is 4.74 Å². The minimum absolute atomic E-state index is 0.102. The van der Waals surface area contributed by atoms with Gasteiger partial charge in [0.05, 0.1) is 13.0 Å². The number of aryl methyl sites for hydroxylation is 1. The lowest BCUT2D eigenvalue weighted by Crippen LogP contribution is -2.40. The Balaban J connectivity index is 1.89. The summed E-state index contributed by atoms with van der Waals surface area (Å²) in [5.41, 5.74) is 3.61. The van der Waals surface area contributed by atoms with Crippen molar-refractivity contribution in [2.45, 2.75) is 32.4 Å². The molecule has 4 heteroatoms. The molecule has 1 atom stereocenters. The van der Waals surface area contributed by atoms with E-state index >= 15 is 0 Å². The Morgan fingerprint density at radius 1 is 1.22 bits per heavy atom. The molecule has 3 rings (SSSR count). The second-order valence-corrected chi connectivity index (χ2v) is 6.88. The van der Waals surface area contributed by atoms with Crippen molar-refractivity contribution in [1.82, 2.24) is 0 Å². The quantitative estimate of drug-likeness (QED) is 0.740. The van der Waals surface area contributed by atoms with Gasteiger partial charge in [0.2, 0.25) is 0 Å². The number of cyclic esters (lactones) is 1. The Bertz CT molecular complexity index is 684. The summed E-state index contributed by atoms with van der Waals surface area (Å²) in [6, 6.07) is 17.0. The number of nitrogens with zero attached hydrogens (tertiary/aromatic N) is 1. The van der Waals surface area contributed by atoms with Gasteiger partial charge in [-0.05, 0) is 42.3 Å². The molecular formula is C19H20BrNO2. The van der Waals surface area contributed by atoms with E-state index in [0.717, 1.165) is 23.1 Å². The van der Waals surface area contributed by atoms with Gasteiger partial charge in [0.1, 0.15) is 0 Å². The molecule has 120 valence electrons. The minimum atomic E-state index is -0.102. The van der Waals surface area contributed by atoms with E-state index in [-0.39, 0.29) is 12.0 Å². The first-order chi connectivity index (χ1) is 11.1. The van der Waals surface area contributed by atoms with Crippen molar-refractivity contribution in [3.8, 4) is 0 Å². The van der Waals surface area contributed by atoms with Crippen LogP contribution in [0.5, 0.6) is 0 Å². The van der Waals surface area contributed by atoms with Crippen molar-refractivity contribution in [1.29, 1.82) is 0 Å². The first kappa shape index (κ1) is 16.1. The van der Waals surface area contributed by atoms with E-state index in [1.54, 1.807) is 0 Å². The molecule has 3 nitrogen and oxygen atoms in total. The van der Waals surface area contributed by atoms with Crippen LogP contribution in [0.1, 0.15) is 24.0 Å². The summed E-state index contributed by atoms with van der Waals surface area (Å²) in [6.07, 6.45) is 1.32. The van der Waals surface area contributed by atoms with E-state index in [2.05, 4.69) is 76.3 Å². The van der Waals surface area contributed by atoms with Crippen molar-refractivity contribution < 1.29 is 9.53 Å². The van der Waals surface area contributed by atoms with Crippen molar-refractivity contribution in [3.05, 3.63) is 64.1 Å². The molecule has 0 spiro atoms. The van der Waals surface area contributed by atoms with Crippen LogP contribution in [0.15, 0.2) is 53.0 Å². The van der Waals surface area contributed by atoms with E-state index in [1.165, 1.54) is 11.1 Å². The second kappa shape index (κ2) is 7.18. The summed E-state index contributed by atoms with van der Waals surface area (Å²) >= 11 is 3.48. The molecule has 0 bridgehead atoms. The molecule has 0 aliphatic carbocycles. The summed E-state index contributed by atoms with van der Waals surface area (Å²) in [4.78, 5) is 14.0. The molecule has 0 saturated carbocycles. The van der Waals surface area contributed by atoms with Crippen LogP contribution in [0.3, 0.4) is 0 Å². The molecule has 23 heavy (non-hydrogen) atoms. The molecular weight excluding hydrogens is 354 g/mol. The number of halogens is 1. The van der Waals surface area contributed by atoms with Crippen LogP contribution >= 0.6 is 15.9 Å². The Kier molecular flexibility index (Phi) is 5.01. The lowest BCUT2D eigenvalue weighted by molar-refractivity contribution is -0.147. The number of benzene rings is 2. The Labute approximate surface area is 145 Å². The van der Waals surface area contributed by atoms with Crippen LogP contribution in [0.2, 0.25) is 0 Å². The number of carbonyl (C=O) groups excluding carboxylic acids is 1. The summed E-state index contributed by atoms with van der Waals surface area (Å²) in [5.74, 6) is -0.102.